The fourth-order valence-electron chi connectivity index (χ4n) is 6.77. The van der Waals surface area contributed by atoms with Crippen LogP contribution in [0.4, 0.5) is 18.0 Å². The number of alkyl halides is 3. The van der Waals surface area contributed by atoms with Crippen molar-refractivity contribution in [2.45, 2.75) is 49.7 Å². The predicted octanol–water partition coefficient (Wildman–Crippen LogP) is 5.56. The number of rotatable bonds is 9. The fraction of sp³-hybridized carbons (Fsp3) is 0.341. The maximum Gasteiger partial charge on any atom is 0.416 e. The summed E-state index contributed by atoms with van der Waals surface area (Å²) in [5.41, 5.74) is -0.168. The molecule has 0 radical (unpaired) electrons. The van der Waals surface area contributed by atoms with Crippen LogP contribution in [0, 0.1) is 24.2 Å². The molecule has 0 bridgehead atoms. The number of nitrogens with zero attached hydrogens (tertiary/aromatic N) is 7. The summed E-state index contributed by atoms with van der Waals surface area (Å²) in [6.45, 7) is 3.00. The molecule has 2 heterocycles. The number of nitrogens with one attached hydrogen (secondary N) is 1. The highest BCUT2D eigenvalue weighted by molar-refractivity contribution is 7.85. The van der Waals surface area contributed by atoms with Crippen molar-refractivity contribution < 1.29 is 40.2 Å². The van der Waals surface area contributed by atoms with Crippen LogP contribution in [-0.4, -0.2) is 101 Å². The van der Waals surface area contributed by atoms with Crippen molar-refractivity contribution in [3.8, 4) is 28.8 Å². The van der Waals surface area contributed by atoms with Gasteiger partial charge in [0.25, 0.3) is 0 Å². The highest BCUT2D eigenvalue weighted by Crippen LogP contribution is 2.32. The van der Waals surface area contributed by atoms with Gasteiger partial charge in [0.1, 0.15) is 15.8 Å². The summed E-state index contributed by atoms with van der Waals surface area (Å²) in [6, 6.07) is 20.7. The molecule has 2 aromatic heterocycles. The Morgan fingerprint density at radius 1 is 0.966 bits per heavy atom. The second kappa shape index (κ2) is 17.9. The molecule has 59 heavy (non-hydrogen) atoms. The van der Waals surface area contributed by atoms with Gasteiger partial charge in [-0.3, -0.25) is 9.36 Å². The topological polar surface area (TPSA) is 175 Å². The van der Waals surface area contributed by atoms with Gasteiger partial charge in [-0.2, -0.15) is 23.5 Å². The standard InChI is InChI=1S/C35H39F3N8O3.C6H6O3S/c1-23-31(30-17-18-40-45(30)28-15-9-24(22-39)10-16-28)44(34(49)43(23)29-8-6-7-26(21-29)35(36,37)38)33(48)41-27-13-11-25(12-14-27)32(47)42(2)19-20-46(3,4)5;7-10(8,9)6-4-2-1-3-5-6/h6-10,15-18,21,25,27H,11-14,19-20H2,1-5H3;1-5H,(H,7,8,9)/t25-,27-;. The van der Waals surface area contributed by atoms with Gasteiger partial charge in [-0.15, -0.1) is 0 Å². The Balaban J connectivity index is 0.000000578. The largest absolute Gasteiger partial charge is 0.744 e. The minimum Gasteiger partial charge on any atom is -0.744 e. The Hall–Kier alpha value is -6.03. The first-order chi connectivity index (χ1) is 27.7. The van der Waals surface area contributed by atoms with Crippen LogP contribution in [0.15, 0.2) is 101 Å². The molecule has 0 spiro atoms. The smallest absolute Gasteiger partial charge is 0.416 e. The second-order valence-corrected chi connectivity index (χ2v) is 16.6. The van der Waals surface area contributed by atoms with E-state index >= 15 is 0 Å². The first kappa shape index (κ1) is 44.1. The summed E-state index contributed by atoms with van der Waals surface area (Å²) in [5, 5.41) is 16.6. The molecule has 1 N–H and O–H groups in total. The van der Waals surface area contributed by atoms with Crippen LogP contribution in [0.2, 0.25) is 0 Å². The van der Waals surface area contributed by atoms with Crippen LogP contribution >= 0.6 is 0 Å². The zero-order chi connectivity index (χ0) is 43.3. The number of hydrogen-bond donors (Lipinski definition) is 1. The molecule has 18 heteroatoms. The van der Waals surface area contributed by atoms with Crippen LogP contribution in [0.1, 0.15) is 42.5 Å². The number of imidazole rings is 1. The number of benzene rings is 3. The van der Waals surface area contributed by atoms with E-state index in [4.69, 9.17) is 0 Å². The van der Waals surface area contributed by atoms with E-state index < -0.39 is 33.6 Å². The van der Waals surface area contributed by atoms with Gasteiger partial charge >= 0.3 is 17.9 Å². The molecule has 0 saturated heterocycles. The number of carbonyl (C=O) groups excluding carboxylic acids is 2. The van der Waals surface area contributed by atoms with E-state index in [0.717, 1.165) is 32.3 Å². The molecule has 1 aliphatic rings. The third kappa shape index (κ3) is 10.7. The Bertz CT molecular complexity index is 2490. The molecule has 0 aliphatic heterocycles. The van der Waals surface area contributed by atoms with Crippen LogP contribution in [0.3, 0.4) is 0 Å². The van der Waals surface area contributed by atoms with Crippen LogP contribution in [0.5, 0.6) is 0 Å². The molecule has 0 unspecified atom stereocenters. The number of quaternary nitrogens is 1. The summed E-state index contributed by atoms with van der Waals surface area (Å²) in [6.07, 6.45) is -0.994. The summed E-state index contributed by atoms with van der Waals surface area (Å²) in [7, 11) is 3.76. The molecule has 5 aromatic rings. The fourth-order valence-corrected chi connectivity index (χ4v) is 7.26. The molecule has 1 aliphatic carbocycles. The zero-order valence-electron chi connectivity index (χ0n) is 33.2. The van der Waals surface area contributed by atoms with Crippen molar-refractivity contribution in [1.29, 1.82) is 5.26 Å². The zero-order valence-corrected chi connectivity index (χ0v) is 34.0. The lowest BCUT2D eigenvalue weighted by Crippen LogP contribution is -2.46. The average Bonchev–Trinajstić information content (AvgIpc) is 3.78. The summed E-state index contributed by atoms with van der Waals surface area (Å²) >= 11 is 0. The van der Waals surface area contributed by atoms with Gasteiger partial charge in [0.2, 0.25) is 5.91 Å². The van der Waals surface area contributed by atoms with E-state index in [-0.39, 0.29) is 39.8 Å². The Morgan fingerprint density at radius 3 is 2.17 bits per heavy atom. The maximum atomic E-state index is 14.1. The quantitative estimate of drug-likeness (QED) is 0.148. The highest BCUT2D eigenvalue weighted by Gasteiger charge is 2.34. The van der Waals surface area contributed by atoms with Crippen LogP contribution in [0.25, 0.3) is 22.8 Å². The Morgan fingerprint density at radius 2 is 1.61 bits per heavy atom. The first-order valence-electron chi connectivity index (χ1n) is 18.6. The van der Waals surface area contributed by atoms with Gasteiger partial charge in [0, 0.05) is 19.0 Å². The maximum absolute atomic E-state index is 14.1. The molecular formula is C41H45F3N8O6S. The normalized spacial score (nSPS) is 15.7. The van der Waals surface area contributed by atoms with E-state index in [2.05, 4.69) is 37.6 Å². The number of likely N-dealkylation sites (N-methyl/N-ethyl adjacent to an activating group) is 2. The molecular weight excluding hydrogens is 790 g/mol. The molecule has 14 nitrogen and oxygen atoms in total. The molecule has 3 aromatic carbocycles. The van der Waals surface area contributed by atoms with Gasteiger partial charge in [0.15, 0.2) is 0 Å². The van der Waals surface area contributed by atoms with Crippen molar-refractivity contribution in [3.63, 3.8) is 0 Å². The van der Waals surface area contributed by atoms with Gasteiger partial charge in [-0.05, 0) is 93.3 Å². The monoisotopic (exact) mass is 834 g/mol. The van der Waals surface area contributed by atoms with Crippen molar-refractivity contribution >= 4 is 22.1 Å². The molecule has 2 amide bonds. The number of hydrogen-bond acceptors (Lipinski definition) is 8. The number of halogens is 3. The first-order valence-corrected chi connectivity index (χ1v) is 20.0. The van der Waals surface area contributed by atoms with Gasteiger partial charge in [-0.25, -0.2) is 27.3 Å². The number of carbonyl (C=O) groups is 2. The lowest BCUT2D eigenvalue weighted by atomic mass is 9.85. The molecule has 312 valence electrons. The van der Waals surface area contributed by atoms with Crippen LogP contribution < -0.4 is 11.0 Å². The predicted molar refractivity (Wildman–Crippen MR) is 212 cm³/mol. The third-order valence-electron chi connectivity index (χ3n) is 9.96. The Kier molecular flexibility index (Phi) is 13.3. The van der Waals surface area contributed by atoms with Crippen molar-refractivity contribution in [2.75, 3.05) is 41.3 Å². The number of amides is 2. The lowest BCUT2D eigenvalue weighted by molar-refractivity contribution is -0.869. The summed E-state index contributed by atoms with van der Waals surface area (Å²) in [4.78, 5) is 42.8. The molecule has 6 rings (SSSR count). The van der Waals surface area contributed by atoms with Gasteiger partial charge < -0.3 is 19.3 Å². The lowest BCUT2D eigenvalue weighted by Gasteiger charge is -2.32. The highest BCUT2D eigenvalue weighted by atomic mass is 32.2. The summed E-state index contributed by atoms with van der Waals surface area (Å²) in [5.74, 6) is -0.100. The second-order valence-electron chi connectivity index (χ2n) is 15.3. The third-order valence-corrected chi connectivity index (χ3v) is 10.8. The van der Waals surface area contributed by atoms with E-state index in [1.807, 2.05) is 0 Å². The average molecular weight is 835 g/mol. The minimum atomic E-state index is -4.65. The van der Waals surface area contributed by atoms with Crippen molar-refractivity contribution in [3.05, 3.63) is 118 Å². The molecule has 0 atom stereocenters. The number of nitriles is 1. The minimum absolute atomic E-state index is 0.0528. The van der Waals surface area contributed by atoms with Crippen molar-refractivity contribution in [2.24, 2.45) is 5.92 Å². The van der Waals surface area contributed by atoms with Crippen LogP contribution in [-0.2, 0) is 21.1 Å². The van der Waals surface area contributed by atoms with Gasteiger partial charge in [-0.1, -0.05) is 24.3 Å². The van der Waals surface area contributed by atoms with E-state index in [0.29, 0.717) is 49.2 Å². The molecule has 1 fully saturated rings. The molecule has 1 saturated carbocycles. The van der Waals surface area contributed by atoms with Gasteiger partial charge in [0.05, 0.1) is 85.3 Å². The van der Waals surface area contributed by atoms with E-state index in [1.54, 1.807) is 55.3 Å². The van der Waals surface area contributed by atoms with E-state index in [1.165, 1.54) is 47.3 Å². The number of aromatic nitrogens is 4. The Labute approximate surface area is 340 Å². The van der Waals surface area contributed by atoms with Crippen molar-refractivity contribution in [1.82, 2.24) is 29.1 Å². The summed E-state index contributed by atoms with van der Waals surface area (Å²) < 4.78 is 76.1. The SMILES string of the molecule is Cc1c(-c2ccnn2-c2ccc(C#N)cc2)n(C(=O)N[C@H]2CC[C@H](C(=O)N(C)CC[N+](C)(C)C)CC2)c(=O)n1-c1cccc(C(F)(F)F)c1.O=S(=O)([O-])c1ccccc1. The van der Waals surface area contributed by atoms with E-state index in [9.17, 15) is 45.8 Å².